The van der Waals surface area contributed by atoms with Gasteiger partial charge in [-0.2, -0.15) is 0 Å². The molecule has 0 aromatic heterocycles. The van der Waals surface area contributed by atoms with Crippen molar-refractivity contribution in [1.82, 2.24) is 15.5 Å². The van der Waals surface area contributed by atoms with Crippen molar-refractivity contribution in [2.75, 3.05) is 13.1 Å². The number of carbonyl (C=O) groups is 1. The summed E-state index contributed by atoms with van der Waals surface area (Å²) in [4.78, 5) is 15.4. The Balaban J connectivity index is 1.68. The quantitative estimate of drug-likeness (QED) is 0.807. The molecule has 1 aliphatic heterocycles. The van der Waals surface area contributed by atoms with Crippen molar-refractivity contribution in [2.45, 2.75) is 57.7 Å². The minimum absolute atomic E-state index is 0.107. The maximum atomic E-state index is 12.9. The van der Waals surface area contributed by atoms with Gasteiger partial charge in [-0.05, 0) is 51.7 Å². The molecule has 1 heterocycles. The molecule has 0 aliphatic carbocycles. The van der Waals surface area contributed by atoms with Gasteiger partial charge in [-0.25, -0.2) is 4.79 Å². The number of rotatable bonds is 4. The van der Waals surface area contributed by atoms with Crippen molar-refractivity contribution in [3.05, 3.63) is 71.8 Å². The van der Waals surface area contributed by atoms with Crippen LogP contribution in [0.5, 0.6) is 0 Å². The van der Waals surface area contributed by atoms with E-state index in [1.54, 1.807) is 0 Å². The number of amides is 2. The summed E-state index contributed by atoms with van der Waals surface area (Å²) in [5.41, 5.74) is 2.16. The van der Waals surface area contributed by atoms with Crippen molar-refractivity contribution in [1.29, 1.82) is 0 Å². The number of hydrogen-bond acceptors (Lipinski definition) is 2. The summed E-state index contributed by atoms with van der Waals surface area (Å²) in [7, 11) is 0. The Labute approximate surface area is 169 Å². The van der Waals surface area contributed by atoms with Crippen molar-refractivity contribution in [2.24, 2.45) is 0 Å². The molecule has 0 atom stereocenters. The Bertz CT molecular complexity index is 720. The van der Waals surface area contributed by atoms with Crippen LogP contribution in [0.25, 0.3) is 0 Å². The standard InChI is InChI=1S/C24H33N3O/c1-23(2,3)27-17-15-24(4,16-18-27)26-22(28)25-21(19-11-7-5-8-12-19)20-13-9-6-10-14-20/h5-14,21H,15-18H2,1-4H3,(H2,25,26,28). The van der Waals surface area contributed by atoms with E-state index >= 15 is 0 Å². The number of nitrogens with zero attached hydrogens (tertiary/aromatic N) is 1. The number of nitrogens with one attached hydrogen (secondary N) is 2. The number of hydrogen-bond donors (Lipinski definition) is 2. The van der Waals surface area contributed by atoms with E-state index in [4.69, 9.17) is 0 Å². The number of piperidine rings is 1. The molecular formula is C24H33N3O. The zero-order chi connectivity index (χ0) is 20.2. The van der Waals surface area contributed by atoms with Crippen molar-refractivity contribution < 1.29 is 4.79 Å². The third kappa shape index (κ3) is 5.14. The van der Waals surface area contributed by atoms with E-state index in [1.165, 1.54) is 0 Å². The minimum atomic E-state index is -0.177. The molecule has 0 radical (unpaired) electrons. The fourth-order valence-corrected chi connectivity index (χ4v) is 3.89. The van der Waals surface area contributed by atoms with Gasteiger partial charge in [0, 0.05) is 24.2 Å². The Hall–Kier alpha value is -2.33. The van der Waals surface area contributed by atoms with Gasteiger partial charge in [0.2, 0.25) is 0 Å². The molecular weight excluding hydrogens is 346 g/mol. The molecule has 150 valence electrons. The smallest absolute Gasteiger partial charge is 0.315 e. The average molecular weight is 380 g/mol. The molecule has 2 N–H and O–H groups in total. The van der Waals surface area contributed by atoms with Crippen LogP contribution in [0.4, 0.5) is 4.79 Å². The SMILES string of the molecule is CC1(NC(=O)NC(c2ccccc2)c2ccccc2)CCN(C(C)(C)C)CC1. The lowest BCUT2D eigenvalue weighted by molar-refractivity contribution is 0.0724. The number of benzene rings is 2. The highest BCUT2D eigenvalue weighted by Gasteiger charge is 2.35. The average Bonchev–Trinajstić information content (AvgIpc) is 2.67. The van der Waals surface area contributed by atoms with E-state index < -0.39 is 0 Å². The monoisotopic (exact) mass is 379 g/mol. The summed E-state index contributed by atoms with van der Waals surface area (Å²) in [5, 5.41) is 6.46. The van der Waals surface area contributed by atoms with E-state index in [2.05, 4.69) is 67.5 Å². The van der Waals surface area contributed by atoms with Crippen LogP contribution in [0.15, 0.2) is 60.7 Å². The van der Waals surface area contributed by atoms with Gasteiger partial charge in [0.1, 0.15) is 0 Å². The predicted octanol–water partition coefficient (Wildman–Crippen LogP) is 4.73. The first-order chi connectivity index (χ1) is 13.3. The predicted molar refractivity (Wildman–Crippen MR) is 115 cm³/mol. The summed E-state index contributed by atoms with van der Waals surface area (Å²) in [5.74, 6) is 0. The third-order valence-electron chi connectivity index (χ3n) is 5.77. The summed E-state index contributed by atoms with van der Waals surface area (Å²) in [6.07, 6.45) is 1.91. The first-order valence-electron chi connectivity index (χ1n) is 10.2. The van der Waals surface area contributed by atoms with Crippen molar-refractivity contribution >= 4 is 6.03 Å². The Kier molecular flexibility index (Phi) is 6.09. The number of urea groups is 1. The second kappa shape index (κ2) is 8.36. The van der Waals surface area contributed by atoms with Gasteiger partial charge in [0.05, 0.1) is 6.04 Å². The molecule has 0 bridgehead atoms. The van der Waals surface area contributed by atoms with Gasteiger partial charge >= 0.3 is 6.03 Å². The molecule has 2 aromatic rings. The van der Waals surface area contributed by atoms with Crippen LogP contribution in [-0.4, -0.2) is 35.1 Å². The van der Waals surface area contributed by atoms with E-state index in [0.717, 1.165) is 37.1 Å². The molecule has 0 saturated carbocycles. The summed E-state index contributed by atoms with van der Waals surface area (Å²) < 4.78 is 0. The normalized spacial score (nSPS) is 17.3. The van der Waals surface area contributed by atoms with E-state index in [9.17, 15) is 4.79 Å². The Morgan fingerprint density at radius 3 is 1.82 bits per heavy atom. The Morgan fingerprint density at radius 2 is 1.39 bits per heavy atom. The molecule has 2 amide bonds. The first kappa shape index (κ1) is 20.4. The molecule has 4 heteroatoms. The second-order valence-electron chi connectivity index (χ2n) is 9.07. The summed E-state index contributed by atoms with van der Waals surface area (Å²) in [6, 6.07) is 20.0. The lowest BCUT2D eigenvalue weighted by Crippen LogP contribution is -2.58. The molecule has 0 spiro atoms. The van der Waals surface area contributed by atoms with Crippen LogP contribution >= 0.6 is 0 Å². The second-order valence-corrected chi connectivity index (χ2v) is 9.07. The molecule has 3 rings (SSSR count). The van der Waals surface area contributed by atoms with Gasteiger partial charge in [-0.3, -0.25) is 4.90 Å². The van der Waals surface area contributed by atoms with E-state index in [-0.39, 0.29) is 23.2 Å². The Morgan fingerprint density at radius 1 is 0.929 bits per heavy atom. The summed E-state index contributed by atoms with van der Waals surface area (Å²) >= 11 is 0. The molecule has 28 heavy (non-hydrogen) atoms. The van der Waals surface area contributed by atoms with Crippen LogP contribution < -0.4 is 10.6 Å². The van der Waals surface area contributed by atoms with Gasteiger partial charge in [0.15, 0.2) is 0 Å². The maximum Gasteiger partial charge on any atom is 0.315 e. The van der Waals surface area contributed by atoms with Crippen LogP contribution in [-0.2, 0) is 0 Å². The van der Waals surface area contributed by atoms with Gasteiger partial charge in [-0.15, -0.1) is 0 Å². The van der Waals surface area contributed by atoms with E-state index in [0.29, 0.717) is 0 Å². The zero-order valence-corrected chi connectivity index (χ0v) is 17.5. The maximum absolute atomic E-state index is 12.9. The van der Waals surface area contributed by atoms with Crippen LogP contribution in [0.1, 0.15) is 57.7 Å². The molecule has 1 saturated heterocycles. The molecule has 4 nitrogen and oxygen atoms in total. The molecule has 1 fully saturated rings. The zero-order valence-electron chi connectivity index (χ0n) is 17.5. The minimum Gasteiger partial charge on any atom is -0.333 e. The lowest BCUT2D eigenvalue weighted by atomic mass is 9.87. The van der Waals surface area contributed by atoms with Gasteiger partial charge in [0.25, 0.3) is 0 Å². The van der Waals surface area contributed by atoms with Crippen molar-refractivity contribution in [3.8, 4) is 0 Å². The van der Waals surface area contributed by atoms with Crippen LogP contribution in [0.3, 0.4) is 0 Å². The molecule has 2 aromatic carbocycles. The fourth-order valence-electron chi connectivity index (χ4n) is 3.89. The number of carbonyl (C=O) groups excluding carboxylic acids is 1. The van der Waals surface area contributed by atoms with Gasteiger partial charge in [-0.1, -0.05) is 60.7 Å². The van der Waals surface area contributed by atoms with E-state index in [1.807, 2.05) is 36.4 Å². The highest BCUT2D eigenvalue weighted by atomic mass is 16.2. The van der Waals surface area contributed by atoms with Crippen LogP contribution in [0, 0.1) is 0 Å². The molecule has 0 unspecified atom stereocenters. The first-order valence-corrected chi connectivity index (χ1v) is 10.2. The largest absolute Gasteiger partial charge is 0.333 e. The molecule has 1 aliphatic rings. The highest BCUT2D eigenvalue weighted by molar-refractivity contribution is 5.76. The van der Waals surface area contributed by atoms with Crippen LogP contribution in [0.2, 0.25) is 0 Å². The third-order valence-corrected chi connectivity index (χ3v) is 5.77. The van der Waals surface area contributed by atoms with Gasteiger partial charge < -0.3 is 10.6 Å². The highest BCUT2D eigenvalue weighted by Crippen LogP contribution is 2.27. The fraction of sp³-hybridized carbons (Fsp3) is 0.458. The summed E-state index contributed by atoms with van der Waals surface area (Å²) in [6.45, 7) is 10.9. The number of likely N-dealkylation sites (tertiary alicyclic amines) is 1. The van der Waals surface area contributed by atoms with Crippen molar-refractivity contribution in [3.63, 3.8) is 0 Å². The topological polar surface area (TPSA) is 44.4 Å². The lowest BCUT2D eigenvalue weighted by Gasteiger charge is -2.45.